The quantitative estimate of drug-likeness (QED) is 0.916. The lowest BCUT2D eigenvalue weighted by atomic mass is 9.94. The summed E-state index contributed by atoms with van der Waals surface area (Å²) < 4.78 is 11.1. The number of aliphatic hydroxyl groups excluding tert-OH is 1. The molecule has 0 bridgehead atoms. The Morgan fingerprint density at radius 2 is 1.60 bits per heavy atom. The zero-order chi connectivity index (χ0) is 14.7. The number of methoxy groups -OCH3 is 2. The van der Waals surface area contributed by atoms with Crippen molar-refractivity contribution in [3.8, 4) is 11.5 Å². The molecule has 3 nitrogen and oxygen atoms in total. The van der Waals surface area contributed by atoms with E-state index in [1.54, 1.807) is 21.1 Å². The predicted molar refractivity (Wildman–Crippen MR) is 82.4 cm³/mol. The maximum atomic E-state index is 10.2. The summed E-state index contributed by atoms with van der Waals surface area (Å²) in [5.74, 6) is 1.46. The molecular weight excluding hydrogens is 252 g/mol. The second kappa shape index (κ2) is 5.97. The van der Waals surface area contributed by atoms with Gasteiger partial charge < -0.3 is 14.6 Å². The van der Waals surface area contributed by atoms with E-state index in [0.29, 0.717) is 5.75 Å². The minimum atomic E-state index is -0.644. The number of fused-ring (bicyclic) bond motifs is 1. The van der Waals surface area contributed by atoms with Crippen LogP contribution in [0, 0.1) is 0 Å². The van der Waals surface area contributed by atoms with Crippen molar-refractivity contribution < 1.29 is 14.6 Å². The smallest absolute Gasteiger partial charge is 0.134 e. The van der Waals surface area contributed by atoms with Gasteiger partial charge in [0.1, 0.15) is 11.5 Å². The maximum absolute atomic E-state index is 10.2. The van der Waals surface area contributed by atoms with Crippen molar-refractivity contribution >= 4 is 16.8 Å². The zero-order valence-electron chi connectivity index (χ0n) is 12.3. The van der Waals surface area contributed by atoms with Crippen molar-refractivity contribution in [1.29, 1.82) is 0 Å². The highest BCUT2D eigenvalue weighted by Crippen LogP contribution is 2.43. The first-order valence-electron chi connectivity index (χ1n) is 6.63. The first-order chi connectivity index (χ1) is 9.65. The van der Waals surface area contributed by atoms with Crippen LogP contribution in [0.5, 0.6) is 11.5 Å². The third-order valence-electron chi connectivity index (χ3n) is 3.36. The van der Waals surface area contributed by atoms with Gasteiger partial charge in [-0.25, -0.2) is 0 Å². The lowest BCUT2D eigenvalue weighted by Gasteiger charge is -2.20. The van der Waals surface area contributed by atoms with Crippen molar-refractivity contribution in [2.45, 2.75) is 20.0 Å². The summed E-state index contributed by atoms with van der Waals surface area (Å²) in [5.41, 5.74) is 1.61. The molecule has 0 spiro atoms. The van der Waals surface area contributed by atoms with E-state index < -0.39 is 6.10 Å². The SMILES string of the molecule is C/C=C/c1c(C(C)O)c(OC)c2ccccc2c1OC. The molecule has 2 rings (SSSR count). The van der Waals surface area contributed by atoms with Crippen LogP contribution < -0.4 is 9.47 Å². The molecule has 106 valence electrons. The van der Waals surface area contributed by atoms with Gasteiger partial charge in [-0.15, -0.1) is 0 Å². The molecule has 0 amide bonds. The molecule has 0 aliphatic carbocycles. The van der Waals surface area contributed by atoms with Crippen LogP contribution in [-0.4, -0.2) is 19.3 Å². The summed E-state index contributed by atoms with van der Waals surface area (Å²) in [4.78, 5) is 0. The second-order valence-corrected chi connectivity index (χ2v) is 4.62. The fraction of sp³-hybridized carbons (Fsp3) is 0.294. The van der Waals surface area contributed by atoms with Gasteiger partial charge in [-0.05, 0) is 13.8 Å². The van der Waals surface area contributed by atoms with Crippen LogP contribution in [0.25, 0.3) is 16.8 Å². The molecule has 1 unspecified atom stereocenters. The monoisotopic (exact) mass is 272 g/mol. The van der Waals surface area contributed by atoms with Crippen LogP contribution in [-0.2, 0) is 0 Å². The molecule has 0 saturated heterocycles. The standard InChI is InChI=1S/C17H20O3/c1-5-8-14-15(11(2)18)17(20-4)13-10-7-6-9-12(13)16(14)19-3/h5-11,18H,1-4H3/b8-5+. The molecule has 2 aromatic carbocycles. The van der Waals surface area contributed by atoms with E-state index >= 15 is 0 Å². The van der Waals surface area contributed by atoms with Gasteiger partial charge in [-0.2, -0.15) is 0 Å². The molecule has 0 heterocycles. The molecule has 0 aliphatic rings. The Hall–Kier alpha value is -2.00. The summed E-state index contributed by atoms with van der Waals surface area (Å²) in [6.45, 7) is 3.67. The van der Waals surface area contributed by atoms with Crippen LogP contribution in [0.3, 0.4) is 0 Å². The van der Waals surface area contributed by atoms with Crippen molar-refractivity contribution in [3.05, 3.63) is 41.5 Å². The summed E-state index contributed by atoms with van der Waals surface area (Å²) in [6, 6.07) is 7.88. The van der Waals surface area contributed by atoms with Gasteiger partial charge >= 0.3 is 0 Å². The van der Waals surface area contributed by atoms with Gasteiger partial charge in [0.2, 0.25) is 0 Å². The summed E-state index contributed by atoms with van der Waals surface area (Å²) in [6.07, 6.45) is 3.23. The third-order valence-corrected chi connectivity index (χ3v) is 3.36. The third kappa shape index (κ3) is 2.25. The van der Waals surface area contributed by atoms with E-state index in [1.807, 2.05) is 43.3 Å². The Balaban J connectivity index is 3.01. The molecule has 0 saturated carbocycles. The second-order valence-electron chi connectivity index (χ2n) is 4.62. The van der Waals surface area contributed by atoms with Crippen LogP contribution >= 0.6 is 0 Å². The highest BCUT2D eigenvalue weighted by molar-refractivity contribution is 5.98. The van der Waals surface area contributed by atoms with Crippen molar-refractivity contribution in [2.75, 3.05) is 14.2 Å². The van der Waals surface area contributed by atoms with Crippen LogP contribution in [0.2, 0.25) is 0 Å². The molecular formula is C17H20O3. The minimum absolute atomic E-state index is 0.644. The molecule has 0 radical (unpaired) electrons. The fourth-order valence-electron chi connectivity index (χ4n) is 2.60. The molecule has 1 N–H and O–H groups in total. The number of hydrogen-bond donors (Lipinski definition) is 1. The number of hydrogen-bond acceptors (Lipinski definition) is 3. The number of benzene rings is 2. The lowest BCUT2D eigenvalue weighted by molar-refractivity contribution is 0.194. The van der Waals surface area contributed by atoms with E-state index in [1.165, 1.54) is 0 Å². The van der Waals surface area contributed by atoms with Gasteiger partial charge in [0.25, 0.3) is 0 Å². The zero-order valence-corrected chi connectivity index (χ0v) is 12.3. The average Bonchev–Trinajstić information content (AvgIpc) is 2.45. The Morgan fingerprint density at radius 3 is 2.05 bits per heavy atom. The van der Waals surface area contributed by atoms with E-state index in [9.17, 15) is 5.11 Å². The van der Waals surface area contributed by atoms with E-state index in [4.69, 9.17) is 9.47 Å². The van der Waals surface area contributed by atoms with Crippen molar-refractivity contribution in [1.82, 2.24) is 0 Å². The number of aliphatic hydroxyl groups is 1. The number of rotatable bonds is 4. The number of allylic oxidation sites excluding steroid dienone is 1. The van der Waals surface area contributed by atoms with Gasteiger partial charge in [0.05, 0.1) is 20.3 Å². The van der Waals surface area contributed by atoms with E-state index in [2.05, 4.69) is 0 Å². The van der Waals surface area contributed by atoms with Crippen molar-refractivity contribution in [2.24, 2.45) is 0 Å². The van der Waals surface area contributed by atoms with E-state index in [-0.39, 0.29) is 0 Å². The molecule has 3 heteroatoms. The predicted octanol–water partition coefficient (Wildman–Crippen LogP) is 3.94. The summed E-state index contributed by atoms with van der Waals surface area (Å²) in [7, 11) is 3.27. The van der Waals surface area contributed by atoms with Gasteiger partial charge in [0.15, 0.2) is 0 Å². The molecule has 20 heavy (non-hydrogen) atoms. The lowest BCUT2D eigenvalue weighted by Crippen LogP contribution is -2.03. The molecule has 0 fully saturated rings. The Labute approximate surface area is 119 Å². The first-order valence-corrected chi connectivity index (χ1v) is 6.63. The van der Waals surface area contributed by atoms with Crippen LogP contribution in [0.1, 0.15) is 31.1 Å². The Morgan fingerprint density at radius 1 is 1.05 bits per heavy atom. The molecule has 0 aromatic heterocycles. The maximum Gasteiger partial charge on any atom is 0.134 e. The van der Waals surface area contributed by atoms with Gasteiger partial charge in [-0.3, -0.25) is 0 Å². The highest BCUT2D eigenvalue weighted by Gasteiger charge is 2.21. The first kappa shape index (κ1) is 14.4. The van der Waals surface area contributed by atoms with Crippen molar-refractivity contribution in [3.63, 3.8) is 0 Å². The fourth-order valence-corrected chi connectivity index (χ4v) is 2.60. The summed E-state index contributed by atoms with van der Waals surface area (Å²) >= 11 is 0. The Bertz CT molecular complexity index is 642. The minimum Gasteiger partial charge on any atom is -0.496 e. The molecule has 0 aliphatic heterocycles. The van der Waals surface area contributed by atoms with Gasteiger partial charge in [-0.1, -0.05) is 36.4 Å². The highest BCUT2D eigenvalue weighted by atomic mass is 16.5. The number of ether oxygens (including phenoxy) is 2. The molecule has 2 aromatic rings. The largest absolute Gasteiger partial charge is 0.496 e. The normalized spacial score (nSPS) is 12.8. The Kier molecular flexibility index (Phi) is 4.30. The average molecular weight is 272 g/mol. The van der Waals surface area contributed by atoms with Crippen LogP contribution in [0.4, 0.5) is 0 Å². The van der Waals surface area contributed by atoms with Gasteiger partial charge in [0, 0.05) is 21.9 Å². The topological polar surface area (TPSA) is 38.7 Å². The van der Waals surface area contributed by atoms with E-state index in [0.717, 1.165) is 27.6 Å². The summed E-state index contributed by atoms with van der Waals surface area (Å²) in [5, 5.41) is 12.1. The van der Waals surface area contributed by atoms with Crippen LogP contribution in [0.15, 0.2) is 30.3 Å². The molecule has 1 atom stereocenters.